The summed E-state index contributed by atoms with van der Waals surface area (Å²) in [5.74, 6) is 4.30. The van der Waals surface area contributed by atoms with Crippen molar-refractivity contribution in [2.75, 3.05) is 66.1 Å². The van der Waals surface area contributed by atoms with Crippen LogP contribution in [0.4, 0.5) is 5.95 Å². The van der Waals surface area contributed by atoms with Crippen molar-refractivity contribution in [1.82, 2.24) is 19.8 Å². The number of carbonyl (C=O) groups is 1. The molecule has 7 rings (SSSR count). The van der Waals surface area contributed by atoms with E-state index in [1.165, 1.54) is 5.56 Å². The summed E-state index contributed by atoms with van der Waals surface area (Å²) in [6, 6.07) is 23.9. The number of ether oxygens (including phenoxy) is 4. The van der Waals surface area contributed by atoms with Gasteiger partial charge in [0.2, 0.25) is 11.7 Å². The summed E-state index contributed by atoms with van der Waals surface area (Å²) in [5.41, 5.74) is 3.43. The number of piperidine rings is 1. The lowest BCUT2D eigenvalue weighted by atomic mass is 9.76. The van der Waals surface area contributed by atoms with Gasteiger partial charge in [-0.25, -0.2) is 4.98 Å². The number of hydrogen-bond acceptors (Lipinski definition) is 10. The van der Waals surface area contributed by atoms with Crippen LogP contribution < -0.4 is 23.8 Å². The van der Waals surface area contributed by atoms with Gasteiger partial charge in [0, 0.05) is 43.2 Å². The minimum absolute atomic E-state index is 0.0613. The standard InChI is InChI=1S/C41H49N5O7/c1-49-31-11-9-29(10-12-31)41(18-22-45(27-41)39(48)28-23-36(50-2)38(52-4)37(24-28)51-3)17-21-44-19-15-30(16-20-44)46(25-32-13-14-33(26-47)53-32)40-42-34-7-5-6-8-35(34)43-40/h5-14,23-24,30,47H,15-22,25-27H2,1-4H3,(H,42,43). The SMILES string of the molecule is COc1ccc(C2(CCN3CCC(N(Cc4ccc(CO)o4)c4nc5ccccc5[nH]4)CC3)CCN(C(=O)c3cc(OC)c(OC)c(OC)c3)C2)cc1. The normalized spacial score (nSPS) is 18.0. The first-order valence-electron chi connectivity index (χ1n) is 18.2. The van der Waals surface area contributed by atoms with E-state index in [9.17, 15) is 9.90 Å². The van der Waals surface area contributed by atoms with E-state index in [1.807, 2.05) is 53.4 Å². The van der Waals surface area contributed by atoms with Gasteiger partial charge in [-0.05, 0) is 86.3 Å². The Balaban J connectivity index is 1.07. The summed E-state index contributed by atoms with van der Waals surface area (Å²) in [6.07, 6.45) is 3.69. The summed E-state index contributed by atoms with van der Waals surface area (Å²) < 4.78 is 28.0. The molecule has 2 saturated heterocycles. The maximum Gasteiger partial charge on any atom is 0.254 e. The number of amides is 1. The van der Waals surface area contributed by atoms with Gasteiger partial charge in [-0.1, -0.05) is 24.3 Å². The first-order chi connectivity index (χ1) is 25.9. The molecule has 2 N–H and O–H groups in total. The molecule has 0 spiro atoms. The molecule has 5 aromatic rings. The number of imidazole rings is 1. The highest BCUT2D eigenvalue weighted by atomic mass is 16.5. The smallest absolute Gasteiger partial charge is 0.254 e. The molecule has 2 fully saturated rings. The third-order valence-electron chi connectivity index (χ3n) is 11.0. The van der Waals surface area contributed by atoms with Crippen molar-refractivity contribution in [3.63, 3.8) is 0 Å². The second-order valence-electron chi connectivity index (χ2n) is 14.0. The van der Waals surface area contributed by atoms with Crippen LogP contribution in [0.5, 0.6) is 23.0 Å². The predicted molar refractivity (Wildman–Crippen MR) is 202 cm³/mol. The third kappa shape index (κ3) is 7.51. The minimum atomic E-state index is -0.219. The van der Waals surface area contributed by atoms with Crippen molar-refractivity contribution in [2.45, 2.75) is 50.3 Å². The molecule has 0 bridgehead atoms. The van der Waals surface area contributed by atoms with Gasteiger partial charge in [0.05, 0.1) is 46.0 Å². The van der Waals surface area contributed by atoms with Crippen LogP contribution >= 0.6 is 0 Å². The van der Waals surface area contributed by atoms with E-state index >= 15 is 0 Å². The van der Waals surface area contributed by atoms with E-state index in [0.717, 1.165) is 73.8 Å². The zero-order valence-electron chi connectivity index (χ0n) is 31.0. The van der Waals surface area contributed by atoms with Crippen LogP contribution in [0.15, 0.2) is 77.2 Å². The Morgan fingerprint density at radius 1 is 0.925 bits per heavy atom. The van der Waals surface area contributed by atoms with Crippen molar-refractivity contribution in [1.29, 1.82) is 0 Å². The monoisotopic (exact) mass is 723 g/mol. The van der Waals surface area contributed by atoms with E-state index in [-0.39, 0.29) is 24.0 Å². The lowest BCUT2D eigenvalue weighted by Gasteiger charge is -2.39. The van der Waals surface area contributed by atoms with Crippen LogP contribution in [0.25, 0.3) is 11.0 Å². The topological polar surface area (TPSA) is 126 Å². The molecule has 3 aromatic carbocycles. The van der Waals surface area contributed by atoms with Crippen LogP contribution in [0, 0.1) is 0 Å². The highest BCUT2D eigenvalue weighted by Crippen LogP contribution is 2.42. The summed E-state index contributed by atoms with van der Waals surface area (Å²) in [4.78, 5) is 29.4. The number of methoxy groups -OCH3 is 4. The Bertz CT molecular complexity index is 1940. The van der Waals surface area contributed by atoms with Crippen molar-refractivity contribution in [2.24, 2.45) is 0 Å². The Morgan fingerprint density at radius 3 is 2.28 bits per heavy atom. The average molecular weight is 724 g/mol. The first kappa shape index (κ1) is 36.2. The maximum absolute atomic E-state index is 14.0. The molecule has 1 atom stereocenters. The quantitative estimate of drug-likeness (QED) is 0.140. The van der Waals surface area contributed by atoms with Gasteiger partial charge in [-0.3, -0.25) is 4.79 Å². The Hall–Kier alpha value is -5.20. The molecule has 12 nitrogen and oxygen atoms in total. The summed E-state index contributed by atoms with van der Waals surface area (Å²) in [6.45, 7) is 4.46. The van der Waals surface area contributed by atoms with Gasteiger partial charge < -0.3 is 48.2 Å². The van der Waals surface area contributed by atoms with E-state index in [4.69, 9.17) is 28.3 Å². The predicted octanol–water partition coefficient (Wildman–Crippen LogP) is 6.03. The zero-order valence-corrected chi connectivity index (χ0v) is 31.0. The number of aliphatic hydroxyl groups is 1. The third-order valence-corrected chi connectivity index (χ3v) is 11.0. The Labute approximate surface area is 310 Å². The number of likely N-dealkylation sites (tertiary alicyclic amines) is 2. The minimum Gasteiger partial charge on any atom is -0.497 e. The number of aromatic amines is 1. The van der Waals surface area contributed by atoms with Gasteiger partial charge >= 0.3 is 0 Å². The number of nitrogens with zero attached hydrogens (tertiary/aromatic N) is 4. The number of H-pyrrole nitrogens is 1. The van der Waals surface area contributed by atoms with E-state index in [2.05, 4.69) is 26.9 Å². The lowest BCUT2D eigenvalue weighted by Crippen LogP contribution is -2.46. The summed E-state index contributed by atoms with van der Waals surface area (Å²) in [5, 5.41) is 9.60. The Kier molecular flexibility index (Phi) is 10.8. The lowest BCUT2D eigenvalue weighted by molar-refractivity contribution is 0.0779. The molecule has 1 amide bonds. The van der Waals surface area contributed by atoms with Gasteiger partial charge in [-0.15, -0.1) is 0 Å². The number of nitrogens with one attached hydrogen (secondary N) is 1. The largest absolute Gasteiger partial charge is 0.497 e. The van der Waals surface area contributed by atoms with Crippen molar-refractivity contribution >= 4 is 22.9 Å². The van der Waals surface area contributed by atoms with Gasteiger partial charge in [0.15, 0.2) is 11.5 Å². The number of carbonyl (C=O) groups excluding carboxylic acids is 1. The highest BCUT2D eigenvalue weighted by Gasteiger charge is 2.42. The number of rotatable bonds is 14. The van der Waals surface area contributed by atoms with Crippen LogP contribution in [0.3, 0.4) is 0 Å². The number of aliphatic hydroxyl groups excluding tert-OH is 1. The fourth-order valence-corrected chi connectivity index (χ4v) is 8.00. The number of benzene rings is 3. The van der Waals surface area contributed by atoms with Crippen LogP contribution in [-0.2, 0) is 18.6 Å². The van der Waals surface area contributed by atoms with E-state index in [1.54, 1.807) is 40.6 Å². The maximum atomic E-state index is 14.0. The van der Waals surface area contributed by atoms with Crippen LogP contribution in [0.1, 0.15) is 53.1 Å². The molecule has 0 radical (unpaired) electrons. The summed E-state index contributed by atoms with van der Waals surface area (Å²) >= 11 is 0. The van der Waals surface area contributed by atoms with Crippen molar-refractivity contribution in [3.05, 3.63) is 95.4 Å². The fraction of sp³-hybridized carbons (Fsp3) is 0.415. The zero-order chi connectivity index (χ0) is 37.0. The average Bonchev–Trinajstić information content (AvgIpc) is 3.98. The molecule has 2 aliphatic heterocycles. The van der Waals surface area contributed by atoms with Crippen LogP contribution in [-0.4, -0.2) is 98.0 Å². The second-order valence-corrected chi connectivity index (χ2v) is 14.0. The number of fused-ring (bicyclic) bond motifs is 1. The van der Waals surface area contributed by atoms with Gasteiger partial charge in [-0.2, -0.15) is 0 Å². The molecule has 0 aliphatic carbocycles. The van der Waals surface area contributed by atoms with Crippen LogP contribution in [0.2, 0.25) is 0 Å². The van der Waals surface area contributed by atoms with Gasteiger partial charge in [0.25, 0.3) is 5.91 Å². The molecule has 2 aliphatic rings. The number of hydrogen-bond donors (Lipinski definition) is 2. The molecule has 53 heavy (non-hydrogen) atoms. The first-order valence-corrected chi connectivity index (χ1v) is 18.2. The highest BCUT2D eigenvalue weighted by molar-refractivity contribution is 5.96. The second kappa shape index (κ2) is 15.8. The van der Waals surface area contributed by atoms with E-state index < -0.39 is 0 Å². The molecule has 2 aromatic heterocycles. The number of furan rings is 1. The molecule has 0 saturated carbocycles. The molecule has 4 heterocycles. The summed E-state index contributed by atoms with van der Waals surface area (Å²) in [7, 11) is 6.35. The number of anilines is 1. The van der Waals surface area contributed by atoms with Crippen molar-refractivity contribution in [3.8, 4) is 23.0 Å². The molecule has 1 unspecified atom stereocenters. The van der Waals surface area contributed by atoms with Crippen molar-refractivity contribution < 1.29 is 33.3 Å². The number of aromatic nitrogens is 2. The molecule has 12 heteroatoms. The molecular formula is C41H49N5O7. The van der Waals surface area contributed by atoms with Gasteiger partial charge in [0.1, 0.15) is 23.9 Å². The molecular weight excluding hydrogens is 674 g/mol. The molecule has 280 valence electrons. The fourth-order valence-electron chi connectivity index (χ4n) is 8.00. The Morgan fingerprint density at radius 2 is 1.64 bits per heavy atom. The van der Waals surface area contributed by atoms with E-state index in [0.29, 0.717) is 48.2 Å². The number of para-hydroxylation sites is 2.